The molecule has 0 spiro atoms. The Morgan fingerprint density at radius 2 is 1.81 bits per heavy atom. The number of hydrogen-bond donors (Lipinski definition) is 0. The summed E-state index contributed by atoms with van der Waals surface area (Å²) >= 11 is 15.7. The molecule has 0 atom stereocenters. The first-order chi connectivity index (χ1) is 7.59. The highest BCUT2D eigenvalue weighted by molar-refractivity contribution is 9.10. The van der Waals surface area contributed by atoms with E-state index < -0.39 is 0 Å². The van der Waals surface area contributed by atoms with Crippen LogP contribution < -0.4 is 0 Å². The van der Waals surface area contributed by atoms with Crippen molar-refractivity contribution in [2.75, 3.05) is 0 Å². The first kappa shape index (κ1) is 12.0. The molecule has 0 N–H and O–H groups in total. The van der Waals surface area contributed by atoms with Crippen molar-refractivity contribution in [3.63, 3.8) is 0 Å². The van der Waals surface area contributed by atoms with Gasteiger partial charge in [-0.05, 0) is 36.2 Å². The number of hydrogen-bond acceptors (Lipinski definition) is 0. The summed E-state index contributed by atoms with van der Waals surface area (Å²) < 4.78 is 0.955. The zero-order valence-corrected chi connectivity index (χ0v) is 11.7. The standard InChI is InChI=1S/C13H9BrCl2/c1-8-3-2-4-12(16)13(8)10-6-5-9(15)7-11(10)14/h2-7H,1H3. The second-order valence-corrected chi connectivity index (χ2v) is 5.25. The third-order valence-electron chi connectivity index (χ3n) is 2.42. The van der Waals surface area contributed by atoms with Gasteiger partial charge >= 0.3 is 0 Å². The molecular formula is C13H9BrCl2. The van der Waals surface area contributed by atoms with Crippen LogP contribution in [0.25, 0.3) is 11.1 Å². The zero-order valence-electron chi connectivity index (χ0n) is 8.60. The highest BCUT2D eigenvalue weighted by Gasteiger charge is 2.10. The summed E-state index contributed by atoms with van der Waals surface area (Å²) in [7, 11) is 0. The monoisotopic (exact) mass is 314 g/mol. The van der Waals surface area contributed by atoms with E-state index >= 15 is 0 Å². The maximum atomic E-state index is 6.22. The summed E-state index contributed by atoms with van der Waals surface area (Å²) in [5, 5.41) is 1.46. The van der Waals surface area contributed by atoms with Gasteiger partial charge in [0.2, 0.25) is 0 Å². The van der Waals surface area contributed by atoms with Crippen molar-refractivity contribution in [1.82, 2.24) is 0 Å². The Morgan fingerprint density at radius 3 is 2.44 bits per heavy atom. The summed E-state index contributed by atoms with van der Waals surface area (Å²) in [6.07, 6.45) is 0. The molecule has 0 nitrogen and oxygen atoms in total. The first-order valence-electron chi connectivity index (χ1n) is 4.80. The van der Waals surface area contributed by atoms with E-state index in [0.717, 1.165) is 26.2 Å². The third kappa shape index (κ3) is 2.27. The Kier molecular flexibility index (Phi) is 3.58. The molecule has 0 aliphatic rings. The van der Waals surface area contributed by atoms with E-state index in [0.29, 0.717) is 5.02 Å². The average molecular weight is 316 g/mol. The molecule has 0 radical (unpaired) electrons. The maximum Gasteiger partial charge on any atom is 0.0487 e. The normalized spacial score (nSPS) is 10.5. The van der Waals surface area contributed by atoms with Crippen molar-refractivity contribution in [1.29, 1.82) is 0 Å². The molecule has 0 bridgehead atoms. The minimum atomic E-state index is 0.709. The van der Waals surface area contributed by atoms with Gasteiger partial charge in [0.25, 0.3) is 0 Å². The zero-order chi connectivity index (χ0) is 11.7. The molecule has 0 heterocycles. The van der Waals surface area contributed by atoms with Crippen molar-refractivity contribution in [3.05, 3.63) is 56.5 Å². The van der Waals surface area contributed by atoms with E-state index in [9.17, 15) is 0 Å². The van der Waals surface area contributed by atoms with Gasteiger partial charge < -0.3 is 0 Å². The molecule has 2 aromatic carbocycles. The molecule has 0 saturated heterocycles. The molecule has 3 heteroatoms. The van der Waals surface area contributed by atoms with Crippen LogP contribution in [-0.2, 0) is 0 Å². The van der Waals surface area contributed by atoms with Crippen LogP contribution >= 0.6 is 39.1 Å². The Bertz CT molecular complexity index is 515. The van der Waals surface area contributed by atoms with Gasteiger partial charge in [-0.2, -0.15) is 0 Å². The fourth-order valence-corrected chi connectivity index (χ4v) is 2.87. The van der Waals surface area contributed by atoms with E-state index in [1.807, 2.05) is 43.3 Å². The van der Waals surface area contributed by atoms with Crippen molar-refractivity contribution >= 4 is 39.1 Å². The molecule has 82 valence electrons. The smallest absolute Gasteiger partial charge is 0.0487 e. The SMILES string of the molecule is Cc1cccc(Cl)c1-c1ccc(Cl)cc1Br. The lowest BCUT2D eigenvalue weighted by molar-refractivity contribution is 1.45. The van der Waals surface area contributed by atoms with Gasteiger partial charge in [-0.25, -0.2) is 0 Å². The minimum Gasteiger partial charge on any atom is -0.0843 e. The van der Waals surface area contributed by atoms with Gasteiger partial charge in [0, 0.05) is 20.1 Å². The van der Waals surface area contributed by atoms with Crippen LogP contribution in [-0.4, -0.2) is 0 Å². The van der Waals surface area contributed by atoms with Crippen LogP contribution in [0.4, 0.5) is 0 Å². The van der Waals surface area contributed by atoms with Gasteiger partial charge in [-0.3, -0.25) is 0 Å². The minimum absolute atomic E-state index is 0.709. The first-order valence-corrected chi connectivity index (χ1v) is 6.35. The van der Waals surface area contributed by atoms with Gasteiger partial charge in [-0.1, -0.05) is 57.3 Å². The Balaban J connectivity index is 2.68. The number of benzene rings is 2. The van der Waals surface area contributed by atoms with E-state index in [1.54, 1.807) is 0 Å². The van der Waals surface area contributed by atoms with Crippen LogP contribution in [0.1, 0.15) is 5.56 Å². The molecule has 0 unspecified atom stereocenters. The van der Waals surface area contributed by atoms with E-state index in [1.165, 1.54) is 0 Å². The number of aryl methyl sites for hydroxylation is 1. The molecule has 2 rings (SSSR count). The van der Waals surface area contributed by atoms with Crippen molar-refractivity contribution in [2.24, 2.45) is 0 Å². The van der Waals surface area contributed by atoms with Crippen LogP contribution in [0.15, 0.2) is 40.9 Å². The molecule has 0 saturated carbocycles. The Morgan fingerprint density at radius 1 is 1.06 bits per heavy atom. The predicted octanol–water partition coefficient (Wildman–Crippen LogP) is 5.73. The highest BCUT2D eigenvalue weighted by atomic mass is 79.9. The summed E-state index contributed by atoms with van der Waals surface area (Å²) in [5.74, 6) is 0. The lowest BCUT2D eigenvalue weighted by Gasteiger charge is -2.10. The predicted molar refractivity (Wildman–Crippen MR) is 74.3 cm³/mol. The van der Waals surface area contributed by atoms with Crippen LogP contribution in [0.3, 0.4) is 0 Å². The number of rotatable bonds is 1. The van der Waals surface area contributed by atoms with Crippen LogP contribution in [0, 0.1) is 6.92 Å². The Hall–Kier alpha value is -0.500. The van der Waals surface area contributed by atoms with Gasteiger partial charge in [0.1, 0.15) is 0 Å². The lowest BCUT2D eigenvalue weighted by atomic mass is 10.0. The quantitative estimate of drug-likeness (QED) is 0.630. The van der Waals surface area contributed by atoms with E-state index in [2.05, 4.69) is 15.9 Å². The van der Waals surface area contributed by atoms with Gasteiger partial charge in [0.15, 0.2) is 0 Å². The van der Waals surface area contributed by atoms with Gasteiger partial charge in [0.05, 0.1) is 0 Å². The van der Waals surface area contributed by atoms with Crippen molar-refractivity contribution in [2.45, 2.75) is 6.92 Å². The fourth-order valence-electron chi connectivity index (χ4n) is 1.67. The molecule has 0 amide bonds. The van der Waals surface area contributed by atoms with Crippen LogP contribution in [0.5, 0.6) is 0 Å². The molecule has 0 aromatic heterocycles. The second kappa shape index (κ2) is 4.79. The largest absolute Gasteiger partial charge is 0.0843 e. The van der Waals surface area contributed by atoms with Crippen molar-refractivity contribution in [3.8, 4) is 11.1 Å². The molecule has 16 heavy (non-hydrogen) atoms. The van der Waals surface area contributed by atoms with E-state index in [4.69, 9.17) is 23.2 Å². The summed E-state index contributed by atoms with van der Waals surface area (Å²) in [5.41, 5.74) is 3.26. The van der Waals surface area contributed by atoms with Crippen LogP contribution in [0.2, 0.25) is 10.0 Å². The Labute approximate surface area is 113 Å². The third-order valence-corrected chi connectivity index (χ3v) is 3.63. The van der Waals surface area contributed by atoms with Crippen molar-refractivity contribution < 1.29 is 0 Å². The highest BCUT2D eigenvalue weighted by Crippen LogP contribution is 2.36. The molecule has 0 aliphatic heterocycles. The number of halogens is 3. The topological polar surface area (TPSA) is 0 Å². The molecule has 0 aliphatic carbocycles. The second-order valence-electron chi connectivity index (χ2n) is 3.56. The maximum absolute atomic E-state index is 6.22. The summed E-state index contributed by atoms with van der Waals surface area (Å²) in [6.45, 7) is 2.04. The molecule has 0 fully saturated rings. The summed E-state index contributed by atoms with van der Waals surface area (Å²) in [6, 6.07) is 11.6. The lowest BCUT2D eigenvalue weighted by Crippen LogP contribution is -1.86. The molecule has 2 aromatic rings. The molecular weight excluding hydrogens is 307 g/mol. The summed E-state index contributed by atoms with van der Waals surface area (Å²) in [4.78, 5) is 0. The van der Waals surface area contributed by atoms with Gasteiger partial charge in [-0.15, -0.1) is 0 Å². The average Bonchev–Trinajstić information content (AvgIpc) is 2.20. The fraction of sp³-hybridized carbons (Fsp3) is 0.0769. The van der Waals surface area contributed by atoms with E-state index in [-0.39, 0.29) is 0 Å².